The zero-order chi connectivity index (χ0) is 22.8. The molecule has 0 radical (unpaired) electrons. The Morgan fingerprint density at radius 3 is 2.31 bits per heavy atom. The summed E-state index contributed by atoms with van der Waals surface area (Å²) < 4.78 is 5.67. The number of ether oxygens (including phenoxy) is 1. The quantitative estimate of drug-likeness (QED) is 0.380. The van der Waals surface area contributed by atoms with E-state index >= 15 is 0 Å². The van der Waals surface area contributed by atoms with Crippen molar-refractivity contribution in [2.75, 3.05) is 6.61 Å². The minimum absolute atomic E-state index is 0.0233. The highest BCUT2D eigenvalue weighted by Crippen LogP contribution is 2.40. The molecule has 1 fully saturated rings. The van der Waals surface area contributed by atoms with Crippen LogP contribution in [0.15, 0.2) is 54.6 Å². The molecule has 0 amide bonds. The molecule has 1 saturated carbocycles. The molecule has 0 aliphatic heterocycles. The summed E-state index contributed by atoms with van der Waals surface area (Å²) in [5.74, 6) is 1.05. The lowest BCUT2D eigenvalue weighted by molar-refractivity contribution is -0.136. The first kappa shape index (κ1) is 23.9. The summed E-state index contributed by atoms with van der Waals surface area (Å²) in [7, 11) is 0. The van der Waals surface area contributed by atoms with Crippen LogP contribution in [0.2, 0.25) is 0 Å². The van der Waals surface area contributed by atoms with Gasteiger partial charge >= 0.3 is 0 Å². The minimum atomic E-state index is -0.962. The SMILES string of the molecule is CCCOc1cccc(CCCC(=O)CCC2(CCc3ccccc3)C(=O)CCC2=O)c1. The lowest BCUT2D eigenvalue weighted by Gasteiger charge is -2.25. The van der Waals surface area contributed by atoms with Gasteiger partial charge in [-0.2, -0.15) is 0 Å². The van der Waals surface area contributed by atoms with E-state index in [-0.39, 0.29) is 17.3 Å². The number of ketones is 3. The zero-order valence-electron chi connectivity index (χ0n) is 19.1. The smallest absolute Gasteiger partial charge is 0.146 e. The van der Waals surface area contributed by atoms with Gasteiger partial charge in [-0.05, 0) is 61.8 Å². The van der Waals surface area contributed by atoms with Crippen LogP contribution in [-0.4, -0.2) is 24.0 Å². The summed E-state index contributed by atoms with van der Waals surface area (Å²) in [6.45, 7) is 2.78. The number of aryl methyl sites for hydroxylation is 2. The lowest BCUT2D eigenvalue weighted by Crippen LogP contribution is -2.34. The van der Waals surface area contributed by atoms with Gasteiger partial charge in [0.25, 0.3) is 0 Å². The number of hydrogen-bond donors (Lipinski definition) is 0. The van der Waals surface area contributed by atoms with Crippen LogP contribution in [-0.2, 0) is 27.2 Å². The molecule has 4 heteroatoms. The Kier molecular flexibility index (Phi) is 8.78. The predicted molar refractivity (Wildman–Crippen MR) is 126 cm³/mol. The molecule has 0 spiro atoms. The summed E-state index contributed by atoms with van der Waals surface area (Å²) in [5.41, 5.74) is 1.32. The van der Waals surface area contributed by atoms with Crippen LogP contribution < -0.4 is 4.74 Å². The van der Waals surface area contributed by atoms with Crippen molar-refractivity contribution in [3.63, 3.8) is 0 Å². The first-order valence-corrected chi connectivity index (χ1v) is 11.9. The molecule has 0 saturated heterocycles. The van der Waals surface area contributed by atoms with E-state index in [0.717, 1.165) is 36.1 Å². The van der Waals surface area contributed by atoms with E-state index in [1.807, 2.05) is 48.5 Å². The highest BCUT2D eigenvalue weighted by Gasteiger charge is 2.48. The van der Waals surface area contributed by atoms with Crippen molar-refractivity contribution in [2.45, 2.75) is 71.1 Å². The van der Waals surface area contributed by atoms with Crippen molar-refractivity contribution in [3.8, 4) is 5.75 Å². The van der Waals surface area contributed by atoms with Gasteiger partial charge in [0, 0.05) is 25.7 Å². The Hall–Kier alpha value is -2.75. The van der Waals surface area contributed by atoms with Gasteiger partial charge in [-0.3, -0.25) is 14.4 Å². The highest BCUT2D eigenvalue weighted by atomic mass is 16.5. The normalized spacial score (nSPS) is 15.2. The van der Waals surface area contributed by atoms with Crippen LogP contribution in [0.1, 0.15) is 69.4 Å². The molecule has 0 atom stereocenters. The van der Waals surface area contributed by atoms with Gasteiger partial charge < -0.3 is 4.74 Å². The summed E-state index contributed by atoms with van der Waals surface area (Å²) >= 11 is 0. The molecule has 3 rings (SSSR count). The standard InChI is InChI=1S/C28H34O4/c1-2-20-32-25-13-7-11-23(21-25)10-6-12-24(29)17-19-28(26(30)14-15-27(28)31)18-16-22-8-4-3-5-9-22/h3-5,7-9,11,13,21H,2,6,10,12,14-20H2,1H3. The summed E-state index contributed by atoms with van der Waals surface area (Å²) in [6.07, 6.45) is 5.49. The van der Waals surface area contributed by atoms with Crippen molar-refractivity contribution in [3.05, 3.63) is 65.7 Å². The van der Waals surface area contributed by atoms with Crippen molar-refractivity contribution in [1.29, 1.82) is 0 Å². The Balaban J connectivity index is 1.50. The Bertz CT molecular complexity index is 900. The fourth-order valence-corrected chi connectivity index (χ4v) is 4.52. The molecule has 1 aliphatic carbocycles. The maximum atomic E-state index is 12.7. The molecule has 0 unspecified atom stereocenters. The molecular weight excluding hydrogens is 400 g/mol. The first-order valence-electron chi connectivity index (χ1n) is 11.9. The number of benzene rings is 2. The monoisotopic (exact) mass is 434 g/mol. The number of Topliss-reactive ketones (excluding diaryl/α,β-unsaturated/α-hetero) is 3. The van der Waals surface area contributed by atoms with Gasteiger partial charge in [-0.25, -0.2) is 0 Å². The van der Waals surface area contributed by atoms with Gasteiger partial charge in [0.1, 0.15) is 23.1 Å². The van der Waals surface area contributed by atoms with Crippen LogP contribution in [0.3, 0.4) is 0 Å². The van der Waals surface area contributed by atoms with E-state index in [4.69, 9.17) is 4.74 Å². The predicted octanol–water partition coefficient (Wildman–Crippen LogP) is 5.70. The third kappa shape index (κ3) is 6.38. The number of carbonyl (C=O) groups excluding carboxylic acids is 3. The maximum Gasteiger partial charge on any atom is 0.146 e. The lowest BCUT2D eigenvalue weighted by atomic mass is 9.74. The third-order valence-corrected chi connectivity index (χ3v) is 6.45. The van der Waals surface area contributed by atoms with Crippen LogP contribution in [0, 0.1) is 5.41 Å². The second-order valence-corrected chi connectivity index (χ2v) is 8.80. The fraction of sp³-hybridized carbons (Fsp3) is 0.464. The summed E-state index contributed by atoms with van der Waals surface area (Å²) in [6, 6.07) is 18.0. The molecule has 4 nitrogen and oxygen atoms in total. The van der Waals surface area contributed by atoms with Gasteiger partial charge in [0.2, 0.25) is 0 Å². The van der Waals surface area contributed by atoms with Crippen molar-refractivity contribution in [2.24, 2.45) is 5.41 Å². The second kappa shape index (κ2) is 11.8. The highest BCUT2D eigenvalue weighted by molar-refractivity contribution is 6.13. The molecule has 0 heterocycles. The average molecular weight is 435 g/mol. The number of rotatable bonds is 13. The van der Waals surface area contributed by atoms with Crippen molar-refractivity contribution >= 4 is 17.3 Å². The molecule has 170 valence electrons. The Morgan fingerprint density at radius 2 is 1.59 bits per heavy atom. The van der Waals surface area contributed by atoms with Crippen LogP contribution in [0.25, 0.3) is 0 Å². The van der Waals surface area contributed by atoms with E-state index in [0.29, 0.717) is 51.6 Å². The van der Waals surface area contributed by atoms with Gasteiger partial charge in [-0.1, -0.05) is 49.4 Å². The number of hydrogen-bond acceptors (Lipinski definition) is 4. The first-order chi connectivity index (χ1) is 15.5. The molecular formula is C28H34O4. The second-order valence-electron chi connectivity index (χ2n) is 8.80. The molecule has 2 aromatic rings. The van der Waals surface area contributed by atoms with Crippen LogP contribution >= 0.6 is 0 Å². The average Bonchev–Trinajstić information content (AvgIpc) is 3.09. The van der Waals surface area contributed by atoms with Crippen LogP contribution in [0.4, 0.5) is 0 Å². The van der Waals surface area contributed by atoms with Gasteiger partial charge in [0.15, 0.2) is 0 Å². The van der Waals surface area contributed by atoms with Gasteiger partial charge in [-0.15, -0.1) is 0 Å². The topological polar surface area (TPSA) is 60.4 Å². The minimum Gasteiger partial charge on any atom is -0.494 e. The Labute approximate surface area is 191 Å². The molecule has 1 aliphatic rings. The Morgan fingerprint density at radius 1 is 0.875 bits per heavy atom. The fourth-order valence-electron chi connectivity index (χ4n) is 4.52. The van der Waals surface area contributed by atoms with Gasteiger partial charge in [0.05, 0.1) is 12.0 Å². The molecule has 32 heavy (non-hydrogen) atoms. The number of carbonyl (C=O) groups is 3. The van der Waals surface area contributed by atoms with E-state index in [1.54, 1.807) is 0 Å². The molecule has 0 N–H and O–H groups in total. The summed E-state index contributed by atoms with van der Waals surface area (Å²) in [5, 5.41) is 0. The van der Waals surface area contributed by atoms with Crippen molar-refractivity contribution < 1.29 is 19.1 Å². The maximum absolute atomic E-state index is 12.7. The summed E-state index contributed by atoms with van der Waals surface area (Å²) in [4.78, 5) is 38.0. The molecule has 2 aromatic carbocycles. The van der Waals surface area contributed by atoms with E-state index in [2.05, 4.69) is 13.0 Å². The molecule has 0 bridgehead atoms. The third-order valence-electron chi connectivity index (χ3n) is 6.45. The van der Waals surface area contributed by atoms with Crippen molar-refractivity contribution in [1.82, 2.24) is 0 Å². The van der Waals surface area contributed by atoms with E-state index in [1.165, 1.54) is 0 Å². The van der Waals surface area contributed by atoms with Crippen LogP contribution in [0.5, 0.6) is 5.75 Å². The zero-order valence-corrected chi connectivity index (χ0v) is 19.1. The largest absolute Gasteiger partial charge is 0.494 e. The van der Waals surface area contributed by atoms with E-state index < -0.39 is 5.41 Å². The molecule has 0 aromatic heterocycles. The van der Waals surface area contributed by atoms with E-state index in [9.17, 15) is 14.4 Å².